The molecule has 0 aromatic heterocycles. The summed E-state index contributed by atoms with van der Waals surface area (Å²) in [4.78, 5) is 36.8. The predicted molar refractivity (Wildman–Crippen MR) is 126 cm³/mol. The second-order valence-corrected chi connectivity index (χ2v) is 11.7. The topological polar surface area (TPSA) is 129 Å². The van der Waals surface area contributed by atoms with Crippen LogP contribution in [0.25, 0.3) is 0 Å². The number of carbonyl (C=O) groups excluding carboxylic acids is 3. The fourth-order valence-electron chi connectivity index (χ4n) is 4.85. The highest BCUT2D eigenvalue weighted by Crippen LogP contribution is 2.42. The van der Waals surface area contributed by atoms with E-state index < -0.39 is 28.4 Å². The number of amides is 3. The van der Waals surface area contributed by atoms with E-state index in [1.165, 1.54) is 6.92 Å². The van der Waals surface area contributed by atoms with Crippen molar-refractivity contribution >= 4 is 25.0 Å². The second-order valence-electron chi connectivity index (χ2n) is 11.7. The van der Waals surface area contributed by atoms with Gasteiger partial charge in [0.05, 0.1) is 17.8 Å². The number of hydrogen-bond donors (Lipinski definition) is 3. The fraction of sp³-hybridized carbons (Fsp3) is 0.870. The van der Waals surface area contributed by atoms with Gasteiger partial charge in [0.25, 0.3) is 0 Å². The molecule has 0 radical (unpaired) electrons. The molecular formula is C23H42BN3O6. The number of rotatable bonds is 7. The zero-order valence-electron chi connectivity index (χ0n) is 21.5. The number of carbonyl (C=O) groups is 3. The van der Waals surface area contributed by atoms with Crippen LogP contribution in [0.1, 0.15) is 81.1 Å². The van der Waals surface area contributed by atoms with Crippen LogP contribution < -0.4 is 16.4 Å². The second kappa shape index (κ2) is 9.82. The van der Waals surface area contributed by atoms with E-state index >= 15 is 0 Å². The molecule has 33 heavy (non-hydrogen) atoms. The molecule has 0 aromatic rings. The summed E-state index contributed by atoms with van der Waals surface area (Å²) >= 11 is 0. The molecule has 10 heteroatoms. The summed E-state index contributed by atoms with van der Waals surface area (Å²) in [5.41, 5.74) is 2.81. The van der Waals surface area contributed by atoms with E-state index in [0.29, 0.717) is 19.2 Å². The van der Waals surface area contributed by atoms with Crippen molar-refractivity contribution in [3.05, 3.63) is 0 Å². The molecule has 2 rings (SSSR count). The van der Waals surface area contributed by atoms with Crippen LogP contribution in [0.3, 0.4) is 0 Å². The zero-order chi connectivity index (χ0) is 25.2. The van der Waals surface area contributed by atoms with Crippen LogP contribution in [0, 0.1) is 11.8 Å². The SMILES string of the molecule is CC(=O)NC1(C(=O)NC(C)(C)C)C[C@H](CCB2OC(C)(C)C(C)(C)O2)C[C@@H](COC(N)=O)C1. The van der Waals surface area contributed by atoms with Crippen molar-refractivity contribution in [2.75, 3.05) is 6.61 Å². The first-order valence-electron chi connectivity index (χ1n) is 11.8. The number of primary amides is 1. The average Bonchev–Trinajstić information content (AvgIpc) is 2.83. The molecule has 0 aromatic carbocycles. The van der Waals surface area contributed by atoms with Gasteiger partial charge in [0.2, 0.25) is 11.8 Å². The van der Waals surface area contributed by atoms with Crippen molar-refractivity contribution in [1.29, 1.82) is 0 Å². The van der Waals surface area contributed by atoms with Crippen LogP contribution in [0.15, 0.2) is 0 Å². The summed E-state index contributed by atoms with van der Waals surface area (Å²) in [5.74, 6) is -0.529. The summed E-state index contributed by atoms with van der Waals surface area (Å²) in [6.07, 6.45) is 2.16. The third kappa shape index (κ3) is 7.34. The molecule has 1 unspecified atom stereocenters. The first-order valence-corrected chi connectivity index (χ1v) is 11.8. The molecule has 3 atom stereocenters. The van der Waals surface area contributed by atoms with Gasteiger partial charge in [-0.15, -0.1) is 0 Å². The molecule has 1 saturated carbocycles. The lowest BCUT2D eigenvalue weighted by atomic mass is 9.66. The summed E-state index contributed by atoms with van der Waals surface area (Å²) in [6.45, 7) is 15.3. The van der Waals surface area contributed by atoms with Crippen LogP contribution in [-0.4, -0.2) is 53.9 Å². The minimum Gasteiger partial charge on any atom is -0.449 e. The molecule has 1 heterocycles. The Bertz CT molecular complexity index is 735. The number of hydrogen-bond acceptors (Lipinski definition) is 6. The van der Waals surface area contributed by atoms with Gasteiger partial charge in [0.15, 0.2) is 0 Å². The van der Waals surface area contributed by atoms with Gasteiger partial charge in [-0.05, 0) is 85.9 Å². The van der Waals surface area contributed by atoms with Crippen LogP contribution in [-0.2, 0) is 23.6 Å². The molecule has 1 aliphatic heterocycles. The maximum Gasteiger partial charge on any atom is 0.457 e. The first-order chi connectivity index (χ1) is 14.9. The summed E-state index contributed by atoms with van der Waals surface area (Å²) in [7, 11) is -0.337. The van der Waals surface area contributed by atoms with Gasteiger partial charge in [-0.2, -0.15) is 0 Å². The number of ether oxygens (including phenoxy) is 1. The molecule has 3 amide bonds. The molecule has 0 bridgehead atoms. The molecular weight excluding hydrogens is 425 g/mol. The van der Waals surface area contributed by atoms with Crippen molar-refractivity contribution in [3.8, 4) is 0 Å². The van der Waals surface area contributed by atoms with Crippen molar-refractivity contribution in [1.82, 2.24) is 10.6 Å². The Morgan fingerprint density at radius 1 is 1.06 bits per heavy atom. The fourth-order valence-corrected chi connectivity index (χ4v) is 4.85. The highest BCUT2D eigenvalue weighted by molar-refractivity contribution is 6.45. The van der Waals surface area contributed by atoms with Gasteiger partial charge >= 0.3 is 13.2 Å². The van der Waals surface area contributed by atoms with Gasteiger partial charge in [-0.25, -0.2) is 4.79 Å². The predicted octanol–water partition coefficient (Wildman–Crippen LogP) is 2.77. The van der Waals surface area contributed by atoms with E-state index in [9.17, 15) is 14.4 Å². The normalized spacial score (nSPS) is 28.8. The third-order valence-corrected chi connectivity index (χ3v) is 6.85. The van der Waals surface area contributed by atoms with Gasteiger partial charge in [0, 0.05) is 12.5 Å². The molecule has 1 saturated heterocycles. The van der Waals surface area contributed by atoms with Crippen LogP contribution in [0.2, 0.25) is 6.32 Å². The largest absolute Gasteiger partial charge is 0.457 e. The maximum absolute atomic E-state index is 13.4. The Hall–Kier alpha value is -1.81. The monoisotopic (exact) mass is 467 g/mol. The van der Waals surface area contributed by atoms with Gasteiger partial charge in [-0.3, -0.25) is 9.59 Å². The molecule has 1 aliphatic carbocycles. The van der Waals surface area contributed by atoms with Crippen molar-refractivity contribution in [3.63, 3.8) is 0 Å². The first kappa shape index (κ1) is 27.4. The number of nitrogens with two attached hydrogens (primary N) is 1. The van der Waals surface area contributed by atoms with E-state index in [4.69, 9.17) is 19.8 Å². The lowest BCUT2D eigenvalue weighted by Crippen LogP contribution is -2.64. The molecule has 9 nitrogen and oxygen atoms in total. The van der Waals surface area contributed by atoms with Crippen molar-refractivity contribution in [2.45, 2.75) is 110 Å². The minimum absolute atomic E-state index is 0.0943. The third-order valence-electron chi connectivity index (χ3n) is 6.85. The highest BCUT2D eigenvalue weighted by Gasteiger charge is 2.52. The van der Waals surface area contributed by atoms with Gasteiger partial charge in [-0.1, -0.05) is 6.42 Å². The Balaban J connectivity index is 2.21. The van der Waals surface area contributed by atoms with Gasteiger partial charge < -0.3 is 30.4 Å². The molecule has 188 valence electrons. The van der Waals surface area contributed by atoms with E-state index in [2.05, 4.69) is 10.6 Å². The molecule has 2 fully saturated rings. The van der Waals surface area contributed by atoms with Crippen molar-refractivity contribution in [2.24, 2.45) is 17.6 Å². The minimum atomic E-state index is -1.09. The standard InChI is InChI=1S/C23H42BN3O6/c1-15(28)26-23(18(29)27-20(2,3)4)12-16(11-17(13-23)14-31-19(25)30)9-10-24-32-21(5,6)22(7,8)33-24/h16-17H,9-14H2,1-8H3,(H2,25,30)(H,26,28)(H,27,29)/t16-,17-,23?/m1/s1. The maximum atomic E-state index is 13.4. The van der Waals surface area contributed by atoms with E-state index in [-0.39, 0.29) is 37.4 Å². The Kier molecular flexibility index (Phi) is 8.17. The van der Waals surface area contributed by atoms with E-state index in [1.807, 2.05) is 48.5 Å². The van der Waals surface area contributed by atoms with Gasteiger partial charge in [0.1, 0.15) is 5.54 Å². The zero-order valence-corrected chi connectivity index (χ0v) is 21.5. The Morgan fingerprint density at radius 2 is 1.61 bits per heavy atom. The lowest BCUT2D eigenvalue weighted by molar-refractivity contribution is -0.137. The molecule has 0 spiro atoms. The van der Waals surface area contributed by atoms with E-state index in [0.717, 1.165) is 12.8 Å². The summed E-state index contributed by atoms with van der Waals surface area (Å²) in [6, 6.07) is 0. The molecule has 2 aliphatic rings. The Labute approximate surface area is 198 Å². The summed E-state index contributed by atoms with van der Waals surface area (Å²) in [5, 5.41) is 5.96. The smallest absolute Gasteiger partial charge is 0.449 e. The summed E-state index contributed by atoms with van der Waals surface area (Å²) < 4.78 is 17.4. The van der Waals surface area contributed by atoms with Crippen LogP contribution >= 0.6 is 0 Å². The average molecular weight is 467 g/mol. The highest BCUT2D eigenvalue weighted by atomic mass is 16.7. The molecule has 4 N–H and O–H groups in total. The Morgan fingerprint density at radius 3 is 2.09 bits per heavy atom. The van der Waals surface area contributed by atoms with E-state index in [1.54, 1.807) is 0 Å². The quantitative estimate of drug-likeness (QED) is 0.494. The lowest BCUT2D eigenvalue weighted by Gasteiger charge is -2.44. The number of nitrogens with one attached hydrogen (secondary N) is 2. The van der Waals surface area contributed by atoms with Crippen molar-refractivity contribution < 1.29 is 28.4 Å². The van der Waals surface area contributed by atoms with Crippen LogP contribution in [0.4, 0.5) is 4.79 Å². The van der Waals surface area contributed by atoms with Crippen LogP contribution in [0.5, 0.6) is 0 Å².